The van der Waals surface area contributed by atoms with E-state index in [1.165, 1.54) is 12.1 Å². The molecule has 94 valence electrons. The van der Waals surface area contributed by atoms with Crippen LogP contribution in [0.2, 0.25) is 0 Å². The maximum absolute atomic E-state index is 13.4. The van der Waals surface area contributed by atoms with Gasteiger partial charge in [-0.15, -0.1) is 0 Å². The van der Waals surface area contributed by atoms with Crippen molar-refractivity contribution in [1.29, 1.82) is 0 Å². The zero-order valence-corrected chi connectivity index (χ0v) is 11.9. The maximum Gasteiger partial charge on any atom is 0.254 e. The lowest BCUT2D eigenvalue weighted by atomic mass is 9.90. The average Bonchev–Trinajstić information content (AvgIpc) is 2.29. The first-order valence-electron chi connectivity index (χ1n) is 5.59. The molecule has 4 heteroatoms. The second kappa shape index (κ2) is 5.63. The molecule has 1 N–H and O–H groups in total. The molecule has 0 heterocycles. The molecule has 0 saturated heterocycles. The van der Waals surface area contributed by atoms with Gasteiger partial charge in [0.25, 0.3) is 5.91 Å². The van der Waals surface area contributed by atoms with Crippen molar-refractivity contribution in [2.75, 3.05) is 6.54 Å². The van der Waals surface area contributed by atoms with Crippen molar-refractivity contribution in [2.45, 2.75) is 27.2 Å². The van der Waals surface area contributed by atoms with E-state index in [0.29, 0.717) is 11.0 Å². The molecule has 1 aromatic carbocycles. The van der Waals surface area contributed by atoms with Crippen molar-refractivity contribution in [3.8, 4) is 0 Å². The minimum Gasteiger partial charge on any atom is -0.351 e. The molecule has 1 aromatic rings. The Kier molecular flexibility index (Phi) is 4.69. The molecule has 0 atom stereocenters. The predicted octanol–water partition coefficient (Wildman–Crippen LogP) is 3.75. The predicted molar refractivity (Wildman–Crippen MR) is 70.5 cm³/mol. The standard InChI is InChI=1S/C13H17BrFNO/c1-4-13(2,3)8-16-12(17)10-7-9(14)5-6-11(10)15/h5-7H,4,8H2,1-3H3,(H,16,17). The van der Waals surface area contributed by atoms with Gasteiger partial charge < -0.3 is 5.32 Å². The van der Waals surface area contributed by atoms with Crippen LogP contribution in [0.25, 0.3) is 0 Å². The summed E-state index contributed by atoms with van der Waals surface area (Å²) in [6.45, 7) is 6.72. The van der Waals surface area contributed by atoms with E-state index < -0.39 is 5.82 Å². The topological polar surface area (TPSA) is 29.1 Å². The summed E-state index contributed by atoms with van der Waals surface area (Å²) in [5.74, 6) is -0.870. The van der Waals surface area contributed by atoms with Crippen LogP contribution in [0.5, 0.6) is 0 Å². The second-order valence-electron chi connectivity index (χ2n) is 4.82. The number of halogens is 2. The van der Waals surface area contributed by atoms with Gasteiger partial charge in [0.05, 0.1) is 5.56 Å². The van der Waals surface area contributed by atoms with Gasteiger partial charge in [-0.3, -0.25) is 4.79 Å². The van der Waals surface area contributed by atoms with Crippen molar-refractivity contribution in [3.63, 3.8) is 0 Å². The van der Waals surface area contributed by atoms with E-state index >= 15 is 0 Å². The average molecular weight is 302 g/mol. The number of hydrogen-bond donors (Lipinski definition) is 1. The van der Waals surface area contributed by atoms with Gasteiger partial charge in [-0.05, 0) is 30.0 Å². The van der Waals surface area contributed by atoms with Crippen LogP contribution in [0, 0.1) is 11.2 Å². The summed E-state index contributed by atoms with van der Waals surface area (Å²) in [6, 6.07) is 4.34. The Morgan fingerprint density at radius 1 is 1.47 bits per heavy atom. The Hall–Kier alpha value is -0.900. The Balaban J connectivity index is 2.74. The summed E-state index contributed by atoms with van der Waals surface area (Å²) in [5, 5.41) is 2.76. The fourth-order valence-corrected chi connectivity index (χ4v) is 1.57. The van der Waals surface area contributed by atoms with Crippen LogP contribution in [0.1, 0.15) is 37.6 Å². The quantitative estimate of drug-likeness (QED) is 0.901. The molecule has 0 aliphatic rings. The van der Waals surface area contributed by atoms with Crippen LogP contribution in [0.4, 0.5) is 4.39 Å². The van der Waals surface area contributed by atoms with E-state index in [9.17, 15) is 9.18 Å². The Morgan fingerprint density at radius 2 is 2.12 bits per heavy atom. The molecule has 0 aromatic heterocycles. The van der Waals surface area contributed by atoms with Crippen molar-refractivity contribution >= 4 is 21.8 Å². The monoisotopic (exact) mass is 301 g/mol. The summed E-state index contributed by atoms with van der Waals surface area (Å²) < 4.78 is 14.1. The molecular formula is C13H17BrFNO. The molecular weight excluding hydrogens is 285 g/mol. The van der Waals surface area contributed by atoms with Crippen LogP contribution in [-0.4, -0.2) is 12.5 Å². The molecule has 1 rings (SSSR count). The molecule has 0 unspecified atom stereocenters. The zero-order valence-electron chi connectivity index (χ0n) is 10.3. The first-order chi connectivity index (χ1) is 7.85. The van der Waals surface area contributed by atoms with E-state index in [0.717, 1.165) is 6.42 Å². The highest BCUT2D eigenvalue weighted by Crippen LogP contribution is 2.19. The Morgan fingerprint density at radius 3 is 2.71 bits per heavy atom. The van der Waals surface area contributed by atoms with E-state index in [4.69, 9.17) is 0 Å². The minimum atomic E-state index is -0.500. The van der Waals surface area contributed by atoms with Crippen molar-refractivity contribution < 1.29 is 9.18 Å². The lowest BCUT2D eigenvalue weighted by molar-refractivity contribution is 0.0931. The number of amides is 1. The summed E-state index contributed by atoms with van der Waals surface area (Å²) in [6.07, 6.45) is 0.953. The lowest BCUT2D eigenvalue weighted by Crippen LogP contribution is -2.34. The molecule has 0 aliphatic carbocycles. The molecule has 17 heavy (non-hydrogen) atoms. The highest BCUT2D eigenvalue weighted by Gasteiger charge is 2.18. The van der Waals surface area contributed by atoms with E-state index in [2.05, 4.69) is 42.0 Å². The highest BCUT2D eigenvalue weighted by atomic mass is 79.9. The Bertz CT molecular complexity index is 418. The van der Waals surface area contributed by atoms with Crippen LogP contribution < -0.4 is 5.32 Å². The van der Waals surface area contributed by atoms with Gasteiger partial charge in [-0.2, -0.15) is 0 Å². The van der Waals surface area contributed by atoms with Crippen LogP contribution in [0.15, 0.2) is 22.7 Å². The van der Waals surface area contributed by atoms with Crippen molar-refractivity contribution in [3.05, 3.63) is 34.1 Å². The number of carbonyl (C=O) groups is 1. The van der Waals surface area contributed by atoms with Crippen molar-refractivity contribution in [1.82, 2.24) is 5.32 Å². The number of rotatable bonds is 4. The minimum absolute atomic E-state index is 0.0259. The van der Waals surface area contributed by atoms with Crippen molar-refractivity contribution in [2.24, 2.45) is 5.41 Å². The normalized spacial score (nSPS) is 11.4. The van der Waals surface area contributed by atoms with Crippen LogP contribution >= 0.6 is 15.9 Å². The van der Waals surface area contributed by atoms with Crippen LogP contribution in [0.3, 0.4) is 0 Å². The van der Waals surface area contributed by atoms with Gasteiger partial charge in [0.15, 0.2) is 0 Å². The molecule has 0 radical (unpaired) electrons. The van der Waals surface area contributed by atoms with E-state index in [1.54, 1.807) is 6.07 Å². The molecule has 0 aliphatic heterocycles. The zero-order chi connectivity index (χ0) is 13.1. The third kappa shape index (κ3) is 4.11. The number of nitrogens with one attached hydrogen (secondary N) is 1. The molecule has 0 spiro atoms. The smallest absolute Gasteiger partial charge is 0.254 e. The number of hydrogen-bond acceptors (Lipinski definition) is 1. The van der Waals surface area contributed by atoms with Gasteiger partial charge in [-0.1, -0.05) is 36.7 Å². The summed E-state index contributed by atoms with van der Waals surface area (Å²) in [7, 11) is 0. The SMILES string of the molecule is CCC(C)(C)CNC(=O)c1cc(Br)ccc1F. The first kappa shape index (κ1) is 14.2. The lowest BCUT2D eigenvalue weighted by Gasteiger charge is -2.22. The summed E-state index contributed by atoms with van der Waals surface area (Å²) >= 11 is 3.22. The van der Waals surface area contributed by atoms with Gasteiger partial charge in [-0.25, -0.2) is 4.39 Å². The maximum atomic E-state index is 13.4. The summed E-state index contributed by atoms with van der Waals surface area (Å²) in [5.41, 5.74) is 0.101. The van der Waals surface area contributed by atoms with Crippen LogP contribution in [-0.2, 0) is 0 Å². The summed E-state index contributed by atoms with van der Waals surface area (Å²) in [4.78, 5) is 11.8. The molecule has 0 fully saturated rings. The molecule has 0 saturated carbocycles. The van der Waals surface area contributed by atoms with E-state index in [1.807, 2.05) is 0 Å². The van der Waals surface area contributed by atoms with Gasteiger partial charge in [0, 0.05) is 11.0 Å². The third-order valence-electron chi connectivity index (χ3n) is 2.86. The van der Waals surface area contributed by atoms with E-state index in [-0.39, 0.29) is 16.9 Å². The first-order valence-corrected chi connectivity index (χ1v) is 6.38. The highest BCUT2D eigenvalue weighted by molar-refractivity contribution is 9.10. The fourth-order valence-electron chi connectivity index (χ4n) is 1.21. The number of carbonyl (C=O) groups excluding carboxylic acids is 1. The van der Waals surface area contributed by atoms with Gasteiger partial charge in [0.2, 0.25) is 0 Å². The molecule has 2 nitrogen and oxygen atoms in total. The second-order valence-corrected chi connectivity index (χ2v) is 5.74. The number of benzene rings is 1. The molecule has 0 bridgehead atoms. The largest absolute Gasteiger partial charge is 0.351 e. The van der Waals surface area contributed by atoms with Gasteiger partial charge >= 0.3 is 0 Å². The fraction of sp³-hybridized carbons (Fsp3) is 0.462. The van der Waals surface area contributed by atoms with Gasteiger partial charge in [0.1, 0.15) is 5.82 Å². The Labute approximate surface area is 110 Å². The third-order valence-corrected chi connectivity index (χ3v) is 3.35. The molecule has 1 amide bonds.